The molecule has 0 heterocycles. The smallest absolute Gasteiger partial charge is 0.254 e. The van der Waals surface area contributed by atoms with Gasteiger partial charge in [-0.3, -0.25) is 4.79 Å². The Bertz CT molecular complexity index is 503. The normalized spacial score (nSPS) is 15.6. The fraction of sp³-hybridized carbons (Fsp3) is 0.500. The highest BCUT2D eigenvalue weighted by molar-refractivity contribution is 6.18. The molecule has 0 unspecified atom stereocenters. The fourth-order valence-corrected chi connectivity index (χ4v) is 3.00. The molecule has 106 valence electrons. The van der Waals surface area contributed by atoms with Crippen molar-refractivity contribution < 1.29 is 4.79 Å². The topological polar surface area (TPSA) is 44.1 Å². The molecule has 1 aromatic rings. The molecule has 1 aliphatic rings. The van der Waals surface area contributed by atoms with E-state index in [4.69, 9.17) is 16.9 Å². The Balaban J connectivity index is 2.19. The minimum absolute atomic E-state index is 0.00495. The Kier molecular flexibility index (Phi) is 5.43. The summed E-state index contributed by atoms with van der Waals surface area (Å²) < 4.78 is 0. The molecule has 0 atom stereocenters. The molecule has 20 heavy (non-hydrogen) atoms. The van der Waals surface area contributed by atoms with Crippen LogP contribution in [0.1, 0.15) is 48.0 Å². The lowest BCUT2D eigenvalue weighted by Gasteiger charge is -2.34. The molecule has 4 heteroatoms. The van der Waals surface area contributed by atoms with Crippen LogP contribution in [0.5, 0.6) is 0 Å². The van der Waals surface area contributed by atoms with Crippen molar-refractivity contribution in [3.8, 4) is 6.07 Å². The summed E-state index contributed by atoms with van der Waals surface area (Å²) in [5.41, 5.74) is 1.10. The molecule has 1 amide bonds. The van der Waals surface area contributed by atoms with Crippen molar-refractivity contribution in [2.75, 3.05) is 12.4 Å². The lowest BCUT2D eigenvalue weighted by Crippen LogP contribution is -2.42. The highest BCUT2D eigenvalue weighted by Crippen LogP contribution is 2.24. The van der Waals surface area contributed by atoms with E-state index in [9.17, 15) is 4.79 Å². The first-order valence-corrected chi connectivity index (χ1v) is 7.67. The number of amides is 1. The van der Waals surface area contributed by atoms with Gasteiger partial charge in [0, 0.05) is 24.0 Å². The second-order valence-corrected chi connectivity index (χ2v) is 5.55. The van der Waals surface area contributed by atoms with E-state index in [0.717, 1.165) is 12.8 Å². The van der Waals surface area contributed by atoms with Crippen LogP contribution in [0.15, 0.2) is 24.3 Å². The summed E-state index contributed by atoms with van der Waals surface area (Å²) in [7, 11) is 0. The maximum atomic E-state index is 12.7. The van der Waals surface area contributed by atoms with Gasteiger partial charge in [0.15, 0.2) is 0 Å². The largest absolute Gasteiger partial charge is 0.334 e. The number of hydrogen-bond donors (Lipinski definition) is 0. The van der Waals surface area contributed by atoms with Gasteiger partial charge in [-0.1, -0.05) is 25.3 Å². The summed E-state index contributed by atoms with van der Waals surface area (Å²) in [4.78, 5) is 14.6. The molecular formula is C16H19ClN2O. The first kappa shape index (κ1) is 14.9. The van der Waals surface area contributed by atoms with Crippen LogP contribution in [0.25, 0.3) is 0 Å². The van der Waals surface area contributed by atoms with Crippen molar-refractivity contribution in [3.63, 3.8) is 0 Å². The number of halogens is 1. The maximum Gasteiger partial charge on any atom is 0.254 e. The average molecular weight is 291 g/mol. The SMILES string of the molecule is N#Cc1cccc(C(=O)N(CCCl)C2CCCCC2)c1. The molecule has 0 spiro atoms. The zero-order valence-corrected chi connectivity index (χ0v) is 12.3. The first-order chi connectivity index (χ1) is 9.76. The second kappa shape index (κ2) is 7.31. The lowest BCUT2D eigenvalue weighted by atomic mass is 9.93. The van der Waals surface area contributed by atoms with Crippen LogP contribution in [0.2, 0.25) is 0 Å². The maximum absolute atomic E-state index is 12.7. The van der Waals surface area contributed by atoms with Crippen molar-refractivity contribution >= 4 is 17.5 Å². The summed E-state index contributed by atoms with van der Waals surface area (Å²) >= 11 is 5.86. The van der Waals surface area contributed by atoms with E-state index in [1.807, 2.05) is 4.90 Å². The third-order valence-electron chi connectivity index (χ3n) is 3.84. The van der Waals surface area contributed by atoms with E-state index in [2.05, 4.69) is 6.07 Å². The van der Waals surface area contributed by atoms with Gasteiger partial charge in [-0.2, -0.15) is 5.26 Å². The molecule has 2 rings (SSSR count). The van der Waals surface area contributed by atoms with Crippen LogP contribution >= 0.6 is 11.6 Å². The van der Waals surface area contributed by atoms with Crippen molar-refractivity contribution in [3.05, 3.63) is 35.4 Å². The van der Waals surface area contributed by atoms with Gasteiger partial charge in [-0.25, -0.2) is 0 Å². The highest BCUT2D eigenvalue weighted by Gasteiger charge is 2.25. The minimum atomic E-state index is -0.00495. The molecule has 0 N–H and O–H groups in total. The number of hydrogen-bond acceptors (Lipinski definition) is 2. The van der Waals surface area contributed by atoms with Crippen LogP contribution in [-0.4, -0.2) is 29.3 Å². The Morgan fingerprint density at radius 3 is 2.75 bits per heavy atom. The Morgan fingerprint density at radius 2 is 2.10 bits per heavy atom. The summed E-state index contributed by atoms with van der Waals surface area (Å²) in [6.07, 6.45) is 5.72. The van der Waals surface area contributed by atoms with Gasteiger partial charge < -0.3 is 4.90 Å². The molecule has 1 fully saturated rings. The summed E-state index contributed by atoms with van der Waals surface area (Å²) in [5.74, 6) is 0.440. The highest BCUT2D eigenvalue weighted by atomic mass is 35.5. The lowest BCUT2D eigenvalue weighted by molar-refractivity contribution is 0.0649. The van der Waals surface area contributed by atoms with E-state index in [0.29, 0.717) is 29.6 Å². The summed E-state index contributed by atoms with van der Waals surface area (Å²) in [5, 5.41) is 8.94. The second-order valence-electron chi connectivity index (χ2n) is 5.17. The third kappa shape index (κ3) is 3.52. The van der Waals surface area contributed by atoms with Gasteiger partial charge >= 0.3 is 0 Å². The van der Waals surface area contributed by atoms with E-state index in [1.165, 1.54) is 19.3 Å². The molecule has 0 aromatic heterocycles. The van der Waals surface area contributed by atoms with Gasteiger partial charge in [-0.15, -0.1) is 11.6 Å². The first-order valence-electron chi connectivity index (χ1n) is 7.13. The van der Waals surface area contributed by atoms with Crippen LogP contribution in [0.3, 0.4) is 0 Å². The van der Waals surface area contributed by atoms with Crippen LogP contribution < -0.4 is 0 Å². The van der Waals surface area contributed by atoms with Gasteiger partial charge in [0.05, 0.1) is 11.6 Å². The molecule has 1 aliphatic carbocycles. The van der Waals surface area contributed by atoms with E-state index < -0.39 is 0 Å². The van der Waals surface area contributed by atoms with Crippen LogP contribution in [0.4, 0.5) is 0 Å². The standard InChI is InChI=1S/C16H19ClN2O/c17-9-10-19(15-7-2-1-3-8-15)16(20)14-6-4-5-13(11-14)12-18/h4-6,11,15H,1-3,7-10H2. The molecule has 0 radical (unpaired) electrons. The fourth-order valence-electron chi connectivity index (χ4n) is 2.82. The summed E-state index contributed by atoms with van der Waals surface area (Å²) in [6.45, 7) is 0.571. The van der Waals surface area contributed by atoms with Gasteiger partial charge in [0.1, 0.15) is 0 Å². The molecule has 1 saturated carbocycles. The molecule has 0 saturated heterocycles. The predicted molar refractivity (Wildman–Crippen MR) is 79.8 cm³/mol. The monoisotopic (exact) mass is 290 g/mol. The number of nitrogens with zero attached hydrogens (tertiary/aromatic N) is 2. The summed E-state index contributed by atoms with van der Waals surface area (Å²) in [6, 6.07) is 9.27. The average Bonchev–Trinajstić information content (AvgIpc) is 2.53. The van der Waals surface area contributed by atoms with E-state index >= 15 is 0 Å². The molecule has 3 nitrogen and oxygen atoms in total. The third-order valence-corrected chi connectivity index (χ3v) is 4.01. The van der Waals surface area contributed by atoms with Gasteiger partial charge in [0.25, 0.3) is 5.91 Å². The molecule has 0 bridgehead atoms. The van der Waals surface area contributed by atoms with Crippen molar-refractivity contribution in [1.82, 2.24) is 4.90 Å². The van der Waals surface area contributed by atoms with Crippen molar-refractivity contribution in [1.29, 1.82) is 5.26 Å². The zero-order chi connectivity index (χ0) is 14.4. The van der Waals surface area contributed by atoms with Crippen molar-refractivity contribution in [2.24, 2.45) is 0 Å². The Labute approximate surface area is 125 Å². The van der Waals surface area contributed by atoms with Gasteiger partial charge in [-0.05, 0) is 31.0 Å². The number of benzene rings is 1. The quantitative estimate of drug-likeness (QED) is 0.796. The molecule has 0 aliphatic heterocycles. The number of rotatable bonds is 4. The molecule has 1 aromatic carbocycles. The van der Waals surface area contributed by atoms with E-state index in [1.54, 1.807) is 24.3 Å². The van der Waals surface area contributed by atoms with Crippen molar-refractivity contribution in [2.45, 2.75) is 38.1 Å². The van der Waals surface area contributed by atoms with Crippen LogP contribution in [0, 0.1) is 11.3 Å². The Morgan fingerprint density at radius 1 is 1.35 bits per heavy atom. The van der Waals surface area contributed by atoms with Gasteiger partial charge in [0.2, 0.25) is 0 Å². The van der Waals surface area contributed by atoms with Crippen LogP contribution in [-0.2, 0) is 0 Å². The number of alkyl halides is 1. The number of carbonyl (C=O) groups is 1. The van der Waals surface area contributed by atoms with E-state index in [-0.39, 0.29) is 5.91 Å². The minimum Gasteiger partial charge on any atom is -0.334 e. The zero-order valence-electron chi connectivity index (χ0n) is 11.5. The number of nitriles is 1. The Hall–Kier alpha value is -1.53. The molecular weight excluding hydrogens is 272 g/mol. The predicted octanol–water partition coefficient (Wildman–Crippen LogP) is 3.57. The number of carbonyl (C=O) groups excluding carboxylic acids is 1.